The van der Waals surface area contributed by atoms with Gasteiger partial charge in [0.05, 0.1) is 0 Å². The van der Waals surface area contributed by atoms with Gasteiger partial charge >= 0.3 is 0 Å². The van der Waals surface area contributed by atoms with Crippen molar-refractivity contribution in [2.24, 2.45) is 0 Å². The van der Waals surface area contributed by atoms with Gasteiger partial charge in [0.1, 0.15) is 0 Å². The van der Waals surface area contributed by atoms with E-state index in [0.29, 0.717) is 0 Å². The molecule has 1 heterocycles. The minimum absolute atomic E-state index is 1.03. The van der Waals surface area contributed by atoms with Crippen LogP contribution in [0.5, 0.6) is 0 Å². The van der Waals surface area contributed by atoms with E-state index in [4.69, 9.17) is 0 Å². The smallest absolute Gasteiger partial charge is 0.0200 e. The van der Waals surface area contributed by atoms with E-state index in [0.717, 1.165) is 26.2 Å². The fourth-order valence-corrected chi connectivity index (χ4v) is 1.01. The van der Waals surface area contributed by atoms with Crippen LogP contribution in [-0.4, -0.2) is 29.3 Å². The van der Waals surface area contributed by atoms with Crippen LogP contribution in [-0.2, 0) is 0 Å². The second-order valence-electron chi connectivity index (χ2n) is 1.58. The first-order valence-corrected chi connectivity index (χ1v) is 3.40. The average Bonchev–Trinajstić information content (AvgIpc) is 1.69. The van der Waals surface area contributed by atoms with Crippen molar-refractivity contribution < 1.29 is 0 Å². The number of nitrogens with zero attached hydrogens (tertiary/aromatic N) is 2. The Labute approximate surface area is 57.8 Å². The Morgan fingerprint density at radius 3 is 2.14 bits per heavy atom. The summed E-state index contributed by atoms with van der Waals surface area (Å²) in [6.07, 6.45) is 0. The van der Waals surface area contributed by atoms with Crippen LogP contribution in [0.1, 0.15) is 0 Å². The minimum Gasteiger partial charge on any atom is -0.660 e. The predicted molar refractivity (Wildman–Crippen MR) is 38.7 cm³/mol. The van der Waals surface area contributed by atoms with Crippen LogP contribution in [0.3, 0.4) is 0 Å². The Kier molecular flexibility index (Phi) is 2.34. The molecule has 0 amide bonds. The molecule has 1 aliphatic heterocycles. The highest BCUT2D eigenvalue weighted by Gasteiger charge is 1.95. The summed E-state index contributed by atoms with van der Waals surface area (Å²) in [5, 5.41) is 4.18. The average molecular weight is 211 g/mol. The predicted octanol–water partition coefficient (Wildman–Crippen LogP) is 1.03. The van der Waals surface area contributed by atoms with Gasteiger partial charge in [-0.05, 0) is 13.1 Å². The quantitative estimate of drug-likeness (QED) is 0.432. The van der Waals surface area contributed by atoms with Gasteiger partial charge in [-0.3, -0.25) is 3.11 Å². The molecule has 0 aliphatic carbocycles. The van der Waals surface area contributed by atoms with Crippen molar-refractivity contribution in [3.05, 3.63) is 5.32 Å². The number of hydrogen-bond acceptors (Lipinski definition) is 1. The zero-order chi connectivity index (χ0) is 5.11. The van der Waals surface area contributed by atoms with Crippen LogP contribution in [0, 0.1) is 0 Å². The number of rotatable bonds is 0. The lowest BCUT2D eigenvalue weighted by Crippen LogP contribution is -2.24. The highest BCUT2D eigenvalue weighted by atomic mass is 127. The SMILES string of the molecule is IN1CC[N-]CC1. The fourth-order valence-electron chi connectivity index (χ4n) is 0.582. The third-order valence-corrected chi connectivity index (χ3v) is 1.97. The molecule has 0 spiro atoms. The first-order chi connectivity index (χ1) is 3.39. The Morgan fingerprint density at radius 1 is 1.29 bits per heavy atom. The molecular formula is C4H8IN2-. The third kappa shape index (κ3) is 1.92. The van der Waals surface area contributed by atoms with Crippen molar-refractivity contribution in [1.29, 1.82) is 0 Å². The van der Waals surface area contributed by atoms with Gasteiger partial charge in [-0.25, -0.2) is 0 Å². The highest BCUT2D eigenvalue weighted by Crippen LogP contribution is 2.05. The lowest BCUT2D eigenvalue weighted by atomic mass is 10.4. The first-order valence-electron chi connectivity index (χ1n) is 2.43. The van der Waals surface area contributed by atoms with E-state index in [1.54, 1.807) is 0 Å². The summed E-state index contributed by atoms with van der Waals surface area (Å²) >= 11 is 2.33. The Balaban J connectivity index is 2.12. The van der Waals surface area contributed by atoms with E-state index < -0.39 is 0 Å². The molecule has 0 aromatic carbocycles. The molecule has 42 valence electrons. The molecule has 0 unspecified atom stereocenters. The van der Waals surface area contributed by atoms with Gasteiger partial charge in [0, 0.05) is 22.9 Å². The van der Waals surface area contributed by atoms with Gasteiger partial charge in [-0.15, -0.1) is 13.1 Å². The maximum Gasteiger partial charge on any atom is 0.0200 e. The van der Waals surface area contributed by atoms with Crippen molar-refractivity contribution in [1.82, 2.24) is 3.11 Å². The fraction of sp³-hybridized carbons (Fsp3) is 1.00. The second kappa shape index (κ2) is 2.84. The lowest BCUT2D eigenvalue weighted by molar-refractivity contribution is 0.511. The van der Waals surface area contributed by atoms with Crippen LogP contribution in [0.4, 0.5) is 0 Å². The van der Waals surface area contributed by atoms with Crippen LogP contribution < -0.4 is 0 Å². The van der Waals surface area contributed by atoms with E-state index in [2.05, 4.69) is 31.3 Å². The standard InChI is InChI=1S/C4H8IN2/c5-7-3-1-6-2-4-7/h1-4H2/q-1. The summed E-state index contributed by atoms with van der Waals surface area (Å²) < 4.78 is 2.27. The summed E-state index contributed by atoms with van der Waals surface area (Å²) in [5.74, 6) is 0. The van der Waals surface area contributed by atoms with Crippen LogP contribution in [0.15, 0.2) is 0 Å². The summed E-state index contributed by atoms with van der Waals surface area (Å²) in [6.45, 7) is 4.34. The largest absolute Gasteiger partial charge is 0.660 e. The molecule has 0 bridgehead atoms. The van der Waals surface area contributed by atoms with Crippen molar-refractivity contribution in [2.75, 3.05) is 26.2 Å². The molecule has 1 saturated heterocycles. The maximum absolute atomic E-state index is 4.18. The van der Waals surface area contributed by atoms with Crippen LogP contribution >= 0.6 is 22.9 Å². The molecule has 7 heavy (non-hydrogen) atoms. The highest BCUT2D eigenvalue weighted by molar-refractivity contribution is 14.1. The molecule has 2 nitrogen and oxygen atoms in total. The first kappa shape index (κ1) is 5.78. The van der Waals surface area contributed by atoms with E-state index in [9.17, 15) is 0 Å². The van der Waals surface area contributed by atoms with Crippen molar-refractivity contribution >= 4 is 22.9 Å². The van der Waals surface area contributed by atoms with Gasteiger partial charge in [0.25, 0.3) is 0 Å². The summed E-state index contributed by atoms with van der Waals surface area (Å²) in [4.78, 5) is 0. The Hall–Kier alpha value is 0.650. The summed E-state index contributed by atoms with van der Waals surface area (Å²) in [7, 11) is 0. The van der Waals surface area contributed by atoms with Crippen LogP contribution in [0.25, 0.3) is 5.32 Å². The van der Waals surface area contributed by atoms with E-state index in [-0.39, 0.29) is 0 Å². The summed E-state index contributed by atoms with van der Waals surface area (Å²) in [6, 6.07) is 0. The molecule has 1 rings (SSSR count). The zero-order valence-corrected chi connectivity index (χ0v) is 6.26. The van der Waals surface area contributed by atoms with E-state index >= 15 is 0 Å². The number of halogens is 1. The van der Waals surface area contributed by atoms with Gasteiger partial charge in [-0.1, -0.05) is 0 Å². The Morgan fingerprint density at radius 2 is 1.86 bits per heavy atom. The van der Waals surface area contributed by atoms with Crippen molar-refractivity contribution in [3.63, 3.8) is 0 Å². The van der Waals surface area contributed by atoms with Gasteiger partial charge in [0.15, 0.2) is 0 Å². The molecule has 0 atom stereocenters. The van der Waals surface area contributed by atoms with Crippen molar-refractivity contribution in [2.45, 2.75) is 0 Å². The second-order valence-corrected chi connectivity index (χ2v) is 2.95. The molecule has 0 N–H and O–H groups in total. The molecular weight excluding hydrogens is 203 g/mol. The molecule has 1 aliphatic rings. The molecule has 0 aromatic heterocycles. The van der Waals surface area contributed by atoms with E-state index in [1.165, 1.54) is 0 Å². The topological polar surface area (TPSA) is 17.3 Å². The number of piperazine rings is 1. The Bertz CT molecular complexity index is 51.7. The molecule has 1 fully saturated rings. The molecule has 0 radical (unpaired) electrons. The maximum atomic E-state index is 4.18. The van der Waals surface area contributed by atoms with Crippen molar-refractivity contribution in [3.8, 4) is 0 Å². The zero-order valence-electron chi connectivity index (χ0n) is 4.10. The van der Waals surface area contributed by atoms with Gasteiger partial charge in [0.2, 0.25) is 0 Å². The third-order valence-electron chi connectivity index (χ3n) is 1.00. The van der Waals surface area contributed by atoms with Gasteiger partial charge < -0.3 is 5.32 Å². The monoisotopic (exact) mass is 211 g/mol. The van der Waals surface area contributed by atoms with Crippen LogP contribution in [0.2, 0.25) is 0 Å². The molecule has 3 heteroatoms. The van der Waals surface area contributed by atoms with E-state index in [1.807, 2.05) is 0 Å². The molecule has 0 aromatic rings. The lowest BCUT2D eigenvalue weighted by Gasteiger charge is -2.30. The normalized spacial score (nSPS) is 25.3. The number of hydrogen-bond donors (Lipinski definition) is 0. The summed E-state index contributed by atoms with van der Waals surface area (Å²) in [5.41, 5.74) is 0. The molecule has 0 saturated carbocycles. The van der Waals surface area contributed by atoms with Gasteiger partial charge in [-0.2, -0.15) is 0 Å². The minimum atomic E-state index is 1.03.